The summed E-state index contributed by atoms with van der Waals surface area (Å²) in [5.74, 6) is 0.0187. The van der Waals surface area contributed by atoms with Gasteiger partial charge >= 0.3 is 5.69 Å². The molecule has 0 fully saturated rings. The van der Waals surface area contributed by atoms with E-state index in [1.165, 1.54) is 18.5 Å². The number of hydrogen-bond acceptors (Lipinski definition) is 6. The number of anilines is 2. The van der Waals surface area contributed by atoms with Gasteiger partial charge < -0.3 is 10.1 Å². The Morgan fingerprint density at radius 1 is 1.29 bits per heavy atom. The predicted molar refractivity (Wildman–Crippen MR) is 97.1 cm³/mol. The minimum Gasteiger partial charge on any atom is -0.473 e. The molecule has 1 N–H and O–H groups in total. The number of nitrogens with zero attached hydrogens (tertiary/aromatic N) is 3. The number of aromatic nitrogens is 2. The van der Waals surface area contributed by atoms with E-state index in [1.54, 1.807) is 12.1 Å². The van der Waals surface area contributed by atoms with Gasteiger partial charge in [-0.15, -0.1) is 0 Å². The zero-order valence-electron chi connectivity index (χ0n) is 13.7. The maximum absolute atomic E-state index is 11.5. The van der Waals surface area contributed by atoms with Gasteiger partial charge in [-0.1, -0.05) is 31.2 Å². The van der Waals surface area contributed by atoms with Gasteiger partial charge in [0.2, 0.25) is 0 Å². The molecule has 0 radical (unpaired) electrons. The smallest absolute Gasteiger partial charge is 0.354 e. The van der Waals surface area contributed by atoms with Gasteiger partial charge in [0.15, 0.2) is 0 Å². The first-order valence-corrected chi connectivity index (χ1v) is 11.5. The Morgan fingerprint density at radius 2 is 2.04 bits per heavy atom. The van der Waals surface area contributed by atoms with Gasteiger partial charge in [0, 0.05) is 14.3 Å². The SMILES string of the molecule is C[Si](C)(C)CCOc1nccc(Nc2ccc(Cl)nc2)c1[N+](=O)[O-]. The van der Waals surface area contributed by atoms with Gasteiger partial charge in [0.1, 0.15) is 10.8 Å². The van der Waals surface area contributed by atoms with E-state index in [4.69, 9.17) is 16.3 Å². The Bertz CT molecular complexity index is 720. The molecule has 0 aliphatic carbocycles. The average Bonchev–Trinajstić information content (AvgIpc) is 2.48. The molecule has 0 aliphatic rings. The summed E-state index contributed by atoms with van der Waals surface area (Å²) in [6, 6.07) is 5.70. The second kappa shape index (κ2) is 7.58. The van der Waals surface area contributed by atoms with Crippen molar-refractivity contribution in [1.29, 1.82) is 0 Å². The summed E-state index contributed by atoms with van der Waals surface area (Å²) in [5.41, 5.74) is 0.687. The minimum absolute atomic E-state index is 0.0187. The summed E-state index contributed by atoms with van der Waals surface area (Å²) in [5, 5.41) is 14.8. The topological polar surface area (TPSA) is 90.2 Å². The van der Waals surface area contributed by atoms with Crippen LogP contribution < -0.4 is 10.1 Å². The molecule has 0 bridgehead atoms. The molecular weight excluding hydrogens is 348 g/mol. The Morgan fingerprint density at radius 3 is 2.62 bits per heavy atom. The zero-order valence-corrected chi connectivity index (χ0v) is 15.5. The van der Waals surface area contributed by atoms with Gasteiger partial charge in [0.05, 0.1) is 23.4 Å². The monoisotopic (exact) mass is 366 g/mol. The second-order valence-electron chi connectivity index (χ2n) is 6.42. The van der Waals surface area contributed by atoms with Crippen molar-refractivity contribution in [3.63, 3.8) is 0 Å². The molecule has 2 aromatic heterocycles. The maximum atomic E-state index is 11.5. The molecule has 2 heterocycles. The average molecular weight is 367 g/mol. The quantitative estimate of drug-likeness (QED) is 0.336. The van der Waals surface area contributed by atoms with E-state index in [-0.39, 0.29) is 11.6 Å². The second-order valence-corrected chi connectivity index (χ2v) is 12.4. The van der Waals surface area contributed by atoms with Crippen molar-refractivity contribution in [1.82, 2.24) is 9.97 Å². The summed E-state index contributed by atoms with van der Waals surface area (Å²) < 4.78 is 5.58. The van der Waals surface area contributed by atoms with Crippen molar-refractivity contribution in [2.24, 2.45) is 0 Å². The first-order valence-electron chi connectivity index (χ1n) is 7.41. The Kier molecular flexibility index (Phi) is 5.74. The molecule has 24 heavy (non-hydrogen) atoms. The summed E-state index contributed by atoms with van der Waals surface area (Å²) in [7, 11) is -1.29. The largest absolute Gasteiger partial charge is 0.473 e. The number of rotatable bonds is 7. The maximum Gasteiger partial charge on any atom is 0.354 e. The number of nitrogens with one attached hydrogen (secondary N) is 1. The molecule has 0 atom stereocenters. The zero-order chi connectivity index (χ0) is 17.7. The molecule has 128 valence electrons. The highest BCUT2D eigenvalue weighted by molar-refractivity contribution is 6.76. The van der Waals surface area contributed by atoms with E-state index in [0.717, 1.165) is 6.04 Å². The summed E-state index contributed by atoms with van der Waals surface area (Å²) in [4.78, 5) is 18.9. The fraction of sp³-hybridized carbons (Fsp3) is 0.333. The van der Waals surface area contributed by atoms with E-state index in [2.05, 4.69) is 34.9 Å². The molecule has 7 nitrogen and oxygen atoms in total. The molecule has 2 aromatic rings. The van der Waals surface area contributed by atoms with Crippen molar-refractivity contribution < 1.29 is 9.66 Å². The first kappa shape index (κ1) is 18.1. The van der Waals surface area contributed by atoms with Gasteiger partial charge in [-0.25, -0.2) is 9.97 Å². The Balaban J connectivity index is 2.23. The molecule has 0 spiro atoms. The fourth-order valence-electron chi connectivity index (χ4n) is 1.88. The highest BCUT2D eigenvalue weighted by Crippen LogP contribution is 2.34. The van der Waals surface area contributed by atoms with Crippen LogP contribution in [-0.4, -0.2) is 29.6 Å². The van der Waals surface area contributed by atoms with Crippen LogP contribution in [0.2, 0.25) is 30.8 Å². The molecular formula is C15H19ClN4O3Si. The van der Waals surface area contributed by atoms with Gasteiger partial charge in [0.25, 0.3) is 5.88 Å². The van der Waals surface area contributed by atoms with Crippen molar-refractivity contribution in [2.45, 2.75) is 25.7 Å². The summed E-state index contributed by atoms with van der Waals surface area (Å²) in [6.45, 7) is 7.05. The van der Waals surface area contributed by atoms with Crippen LogP contribution in [-0.2, 0) is 0 Å². The van der Waals surface area contributed by atoms with Crippen LogP contribution in [0, 0.1) is 10.1 Å². The Hall–Kier alpha value is -2.19. The minimum atomic E-state index is -1.29. The van der Waals surface area contributed by atoms with E-state index in [0.29, 0.717) is 23.1 Å². The lowest BCUT2D eigenvalue weighted by Crippen LogP contribution is -2.22. The molecule has 9 heteroatoms. The van der Waals surface area contributed by atoms with Crippen molar-refractivity contribution in [2.75, 3.05) is 11.9 Å². The van der Waals surface area contributed by atoms with Crippen LogP contribution in [0.25, 0.3) is 0 Å². The molecule has 2 rings (SSSR count). The fourth-order valence-corrected chi connectivity index (χ4v) is 2.70. The Labute approximate surface area is 146 Å². The van der Waals surface area contributed by atoms with Crippen LogP contribution in [0.4, 0.5) is 17.1 Å². The van der Waals surface area contributed by atoms with Crippen LogP contribution >= 0.6 is 11.6 Å². The number of nitro groups is 1. The summed E-state index contributed by atoms with van der Waals surface area (Å²) in [6.07, 6.45) is 2.97. The number of halogens is 1. The van der Waals surface area contributed by atoms with Crippen molar-refractivity contribution in [3.05, 3.63) is 45.9 Å². The lowest BCUT2D eigenvalue weighted by atomic mass is 10.3. The molecule has 0 amide bonds. The van der Waals surface area contributed by atoms with Gasteiger partial charge in [-0.05, 0) is 24.2 Å². The molecule has 0 saturated carbocycles. The normalized spacial score (nSPS) is 11.2. The lowest BCUT2D eigenvalue weighted by Gasteiger charge is -2.16. The van der Waals surface area contributed by atoms with Gasteiger partial charge in [-0.2, -0.15) is 0 Å². The third-order valence-electron chi connectivity index (χ3n) is 3.17. The van der Waals surface area contributed by atoms with E-state index < -0.39 is 13.0 Å². The van der Waals surface area contributed by atoms with E-state index >= 15 is 0 Å². The standard InChI is InChI=1S/C15H19ClN4O3Si/c1-24(2,3)9-8-23-15-14(20(21)22)12(6-7-17-15)19-11-4-5-13(16)18-10-11/h4-7,10H,8-9H2,1-3H3,(H,17,19). The lowest BCUT2D eigenvalue weighted by molar-refractivity contribution is -0.385. The van der Waals surface area contributed by atoms with Crippen molar-refractivity contribution in [3.8, 4) is 5.88 Å². The highest BCUT2D eigenvalue weighted by Gasteiger charge is 2.24. The number of hydrogen-bond donors (Lipinski definition) is 1. The summed E-state index contributed by atoms with van der Waals surface area (Å²) >= 11 is 5.74. The molecule has 0 saturated heterocycles. The predicted octanol–water partition coefficient (Wildman–Crippen LogP) is 4.50. The third kappa shape index (κ3) is 5.17. The first-order chi connectivity index (χ1) is 11.3. The van der Waals surface area contributed by atoms with Crippen molar-refractivity contribution >= 4 is 36.7 Å². The van der Waals surface area contributed by atoms with E-state index in [9.17, 15) is 10.1 Å². The third-order valence-corrected chi connectivity index (χ3v) is 5.10. The molecule has 0 unspecified atom stereocenters. The van der Waals surface area contributed by atoms with Crippen LogP contribution in [0.15, 0.2) is 30.6 Å². The van der Waals surface area contributed by atoms with E-state index in [1.807, 2.05) is 0 Å². The number of pyridine rings is 2. The van der Waals surface area contributed by atoms with Crippen LogP contribution in [0.1, 0.15) is 0 Å². The molecule has 0 aromatic carbocycles. The number of ether oxygens (including phenoxy) is 1. The molecule has 0 aliphatic heterocycles. The highest BCUT2D eigenvalue weighted by atomic mass is 35.5. The van der Waals surface area contributed by atoms with Crippen LogP contribution in [0.5, 0.6) is 5.88 Å². The van der Waals surface area contributed by atoms with Crippen LogP contribution in [0.3, 0.4) is 0 Å². The van der Waals surface area contributed by atoms with Gasteiger partial charge in [-0.3, -0.25) is 10.1 Å².